The summed E-state index contributed by atoms with van der Waals surface area (Å²) < 4.78 is 0. The van der Waals surface area contributed by atoms with Crippen LogP contribution in [0.25, 0.3) is 0 Å². The Labute approximate surface area is 109 Å². The van der Waals surface area contributed by atoms with Crippen molar-refractivity contribution < 1.29 is 0 Å². The maximum Gasteiger partial charge on any atom is 0.0230 e. The molecule has 90 valence electrons. The van der Waals surface area contributed by atoms with E-state index in [0.29, 0.717) is 0 Å². The van der Waals surface area contributed by atoms with Gasteiger partial charge in [0.05, 0.1) is 0 Å². The Balaban J connectivity index is 2.41. The zero-order valence-corrected chi connectivity index (χ0v) is 11.9. The van der Waals surface area contributed by atoms with Crippen LogP contribution in [-0.4, -0.2) is 30.0 Å². The fourth-order valence-corrected chi connectivity index (χ4v) is 2.39. The van der Waals surface area contributed by atoms with Crippen LogP contribution in [0.1, 0.15) is 18.9 Å². The smallest absolute Gasteiger partial charge is 0.0230 e. The van der Waals surface area contributed by atoms with E-state index in [1.54, 1.807) is 0 Å². The zero-order valence-electron chi connectivity index (χ0n) is 10.1. The average molecular weight is 255 g/mol. The minimum Gasteiger partial charge on any atom is -0.302 e. The fourth-order valence-electron chi connectivity index (χ4n) is 1.59. The lowest BCUT2D eigenvalue weighted by Gasteiger charge is -2.16. The molecule has 1 aromatic rings. The van der Waals surface area contributed by atoms with Gasteiger partial charge in [-0.25, -0.2) is 0 Å². The van der Waals surface area contributed by atoms with Gasteiger partial charge in [0, 0.05) is 11.4 Å². The first-order valence-electron chi connectivity index (χ1n) is 5.77. The van der Waals surface area contributed by atoms with E-state index in [1.165, 1.54) is 10.5 Å². The molecule has 0 unspecified atom stereocenters. The van der Waals surface area contributed by atoms with Crippen LogP contribution in [0.3, 0.4) is 0 Å². The van der Waals surface area contributed by atoms with Crippen molar-refractivity contribution in [3.8, 4) is 0 Å². The van der Waals surface area contributed by atoms with Gasteiger partial charge in [-0.15, -0.1) is 11.8 Å². The van der Waals surface area contributed by atoms with Gasteiger partial charge < -0.3 is 4.90 Å². The van der Waals surface area contributed by atoms with Crippen LogP contribution in [0.15, 0.2) is 29.2 Å². The molecule has 3 heteroatoms. The van der Waals surface area contributed by atoms with E-state index >= 15 is 0 Å². The van der Waals surface area contributed by atoms with Gasteiger partial charge in [0.25, 0.3) is 0 Å². The standard InChI is InChI=1S/C13H21NS2/c1-3-16-13-7-5-12(6-8-13)11-14(2)9-4-10-15/h5-8,15H,3-4,9-11H2,1-2H3. The molecule has 1 aromatic carbocycles. The van der Waals surface area contributed by atoms with Gasteiger partial charge in [-0.05, 0) is 49.2 Å². The predicted molar refractivity (Wildman–Crippen MR) is 77.6 cm³/mol. The molecule has 1 rings (SSSR count). The lowest BCUT2D eigenvalue weighted by molar-refractivity contribution is 0.328. The van der Waals surface area contributed by atoms with Crippen LogP contribution in [0.4, 0.5) is 0 Å². The molecule has 0 radical (unpaired) electrons. The highest BCUT2D eigenvalue weighted by atomic mass is 32.2. The Morgan fingerprint density at radius 3 is 2.50 bits per heavy atom. The third-order valence-corrected chi connectivity index (χ3v) is 3.60. The monoisotopic (exact) mass is 255 g/mol. The lowest BCUT2D eigenvalue weighted by atomic mass is 10.2. The Morgan fingerprint density at radius 2 is 1.94 bits per heavy atom. The van der Waals surface area contributed by atoms with Gasteiger partial charge in [0.1, 0.15) is 0 Å². The fraction of sp³-hybridized carbons (Fsp3) is 0.538. The summed E-state index contributed by atoms with van der Waals surface area (Å²) >= 11 is 6.12. The van der Waals surface area contributed by atoms with Crippen molar-refractivity contribution in [3.05, 3.63) is 29.8 Å². The quantitative estimate of drug-likeness (QED) is 0.586. The van der Waals surface area contributed by atoms with Crippen LogP contribution in [0.2, 0.25) is 0 Å². The van der Waals surface area contributed by atoms with Crippen molar-refractivity contribution in [2.75, 3.05) is 25.1 Å². The largest absolute Gasteiger partial charge is 0.302 e. The van der Waals surface area contributed by atoms with Crippen LogP contribution in [-0.2, 0) is 6.54 Å². The second-order valence-corrected chi connectivity index (χ2v) is 5.68. The Morgan fingerprint density at radius 1 is 1.25 bits per heavy atom. The van der Waals surface area contributed by atoms with Crippen molar-refractivity contribution in [2.24, 2.45) is 0 Å². The van der Waals surface area contributed by atoms with Crippen LogP contribution >= 0.6 is 24.4 Å². The van der Waals surface area contributed by atoms with E-state index in [-0.39, 0.29) is 0 Å². The van der Waals surface area contributed by atoms with Crippen LogP contribution < -0.4 is 0 Å². The summed E-state index contributed by atoms with van der Waals surface area (Å²) in [6.45, 7) is 4.34. The Kier molecular flexibility index (Phi) is 7.01. The number of nitrogens with zero attached hydrogens (tertiary/aromatic N) is 1. The van der Waals surface area contributed by atoms with Gasteiger partial charge in [-0.1, -0.05) is 19.1 Å². The van der Waals surface area contributed by atoms with Gasteiger partial charge in [0.2, 0.25) is 0 Å². The van der Waals surface area contributed by atoms with Crippen molar-refractivity contribution in [1.29, 1.82) is 0 Å². The number of hydrogen-bond acceptors (Lipinski definition) is 3. The molecular weight excluding hydrogens is 234 g/mol. The predicted octanol–water partition coefficient (Wildman–Crippen LogP) is 3.55. The molecule has 0 N–H and O–H groups in total. The van der Waals surface area contributed by atoms with E-state index in [9.17, 15) is 0 Å². The topological polar surface area (TPSA) is 3.24 Å². The van der Waals surface area contributed by atoms with Gasteiger partial charge in [0.15, 0.2) is 0 Å². The third-order valence-electron chi connectivity index (χ3n) is 2.38. The van der Waals surface area contributed by atoms with E-state index in [2.05, 4.69) is 55.8 Å². The molecule has 0 aliphatic rings. The molecule has 0 spiro atoms. The minimum atomic E-state index is 0.969. The second kappa shape index (κ2) is 8.04. The molecule has 0 aromatic heterocycles. The summed E-state index contributed by atoms with van der Waals surface area (Å²) in [5.41, 5.74) is 1.39. The molecule has 0 fully saturated rings. The lowest BCUT2D eigenvalue weighted by Crippen LogP contribution is -2.19. The Hall–Kier alpha value is -0.120. The maximum absolute atomic E-state index is 4.23. The maximum atomic E-state index is 4.23. The molecule has 16 heavy (non-hydrogen) atoms. The first kappa shape index (κ1) is 13.9. The van der Waals surface area contributed by atoms with Gasteiger partial charge in [-0.2, -0.15) is 12.6 Å². The van der Waals surface area contributed by atoms with Crippen molar-refractivity contribution in [2.45, 2.75) is 24.8 Å². The minimum absolute atomic E-state index is 0.969. The van der Waals surface area contributed by atoms with Gasteiger partial charge in [-0.3, -0.25) is 0 Å². The first-order chi connectivity index (χ1) is 7.76. The molecule has 0 saturated heterocycles. The highest BCUT2D eigenvalue weighted by Crippen LogP contribution is 2.18. The molecular formula is C13H21NS2. The highest BCUT2D eigenvalue weighted by Gasteiger charge is 2.00. The summed E-state index contributed by atoms with van der Waals surface area (Å²) in [6, 6.07) is 8.90. The molecule has 0 atom stereocenters. The molecule has 0 aliphatic carbocycles. The molecule has 0 amide bonds. The number of benzene rings is 1. The Bertz CT molecular complexity index is 284. The first-order valence-corrected chi connectivity index (χ1v) is 7.39. The van der Waals surface area contributed by atoms with E-state index < -0.39 is 0 Å². The number of thiol groups is 1. The van der Waals surface area contributed by atoms with Crippen molar-refractivity contribution >= 4 is 24.4 Å². The number of hydrogen-bond donors (Lipinski definition) is 1. The normalized spacial score (nSPS) is 11.0. The molecule has 0 aliphatic heterocycles. The van der Waals surface area contributed by atoms with Crippen molar-refractivity contribution in [1.82, 2.24) is 4.90 Å². The van der Waals surface area contributed by atoms with Crippen LogP contribution in [0, 0.1) is 0 Å². The summed E-state index contributed by atoms with van der Waals surface area (Å²) in [5.74, 6) is 2.11. The number of thioether (sulfide) groups is 1. The second-order valence-electron chi connectivity index (χ2n) is 3.89. The van der Waals surface area contributed by atoms with E-state index in [1.807, 2.05) is 11.8 Å². The van der Waals surface area contributed by atoms with E-state index in [4.69, 9.17) is 0 Å². The van der Waals surface area contributed by atoms with Crippen molar-refractivity contribution in [3.63, 3.8) is 0 Å². The van der Waals surface area contributed by atoms with E-state index in [0.717, 1.165) is 31.0 Å². The highest BCUT2D eigenvalue weighted by molar-refractivity contribution is 7.99. The molecule has 0 heterocycles. The van der Waals surface area contributed by atoms with Crippen LogP contribution in [0.5, 0.6) is 0 Å². The summed E-state index contributed by atoms with van der Waals surface area (Å²) in [4.78, 5) is 3.71. The number of rotatable bonds is 7. The average Bonchev–Trinajstić information content (AvgIpc) is 2.29. The molecule has 0 saturated carbocycles. The summed E-state index contributed by atoms with van der Waals surface area (Å²) in [7, 11) is 2.16. The zero-order chi connectivity index (χ0) is 11.8. The SMILES string of the molecule is CCSc1ccc(CN(C)CCCS)cc1. The molecule has 0 bridgehead atoms. The molecule has 1 nitrogen and oxygen atoms in total. The van der Waals surface area contributed by atoms with Gasteiger partial charge >= 0.3 is 0 Å². The third kappa shape index (κ3) is 5.28. The summed E-state index contributed by atoms with van der Waals surface area (Å²) in [5, 5.41) is 0. The summed E-state index contributed by atoms with van der Waals surface area (Å²) in [6.07, 6.45) is 1.16.